The molecule has 3 aromatic rings. The van der Waals surface area contributed by atoms with Crippen LogP contribution in [0.15, 0.2) is 30.5 Å². The number of aryl methyl sites for hydroxylation is 1. The Morgan fingerprint density at radius 1 is 1.21 bits per heavy atom. The van der Waals surface area contributed by atoms with E-state index in [2.05, 4.69) is 63.3 Å². The molecule has 3 N–H and O–H groups in total. The van der Waals surface area contributed by atoms with Crippen molar-refractivity contribution in [3.8, 4) is 17.3 Å². The van der Waals surface area contributed by atoms with Crippen LogP contribution in [0.5, 0.6) is 0 Å². The molecule has 0 amide bonds. The molecule has 1 atom stereocenters. The summed E-state index contributed by atoms with van der Waals surface area (Å²) < 4.78 is 11.6. The Labute approximate surface area is 254 Å². The van der Waals surface area contributed by atoms with Gasteiger partial charge < -0.3 is 20.1 Å². The fraction of sp³-hybridized carbons (Fsp3) is 0.625. The molecular formula is C32H45N9O2. The Kier molecular flexibility index (Phi) is 10.0. The van der Waals surface area contributed by atoms with Gasteiger partial charge in [-0.15, -0.1) is 10.2 Å². The lowest BCUT2D eigenvalue weighted by Crippen LogP contribution is -2.42. The van der Waals surface area contributed by atoms with Gasteiger partial charge in [0.05, 0.1) is 23.8 Å². The first-order chi connectivity index (χ1) is 20.7. The van der Waals surface area contributed by atoms with Gasteiger partial charge in [-0.3, -0.25) is 4.98 Å². The van der Waals surface area contributed by atoms with E-state index in [9.17, 15) is 5.26 Å². The number of rotatable bonds is 12. The number of ether oxygens (including phenoxy) is 2. The summed E-state index contributed by atoms with van der Waals surface area (Å²) in [6.45, 7) is 10.6. The molecule has 2 fully saturated rings. The van der Waals surface area contributed by atoms with Gasteiger partial charge in [-0.05, 0) is 102 Å². The standard InChI is InChI=1S/C32H45N9O2/c1-22-18-34-26(17-27(22)28-6-5-7-29(37-28)35-21-32(20-33)12-14-42-15-13-32)16-24-8-10-25(11-9-24)36-23(2)19-43-31(3,4)30-38-40-41-39-30/h5-7,17-18,23-25,36H,8-16,19,21H2,1-4H3,(H,35,37)(H,38,39,40,41)/t23-,24?,25?/m0/s1. The average molecular weight is 588 g/mol. The van der Waals surface area contributed by atoms with Crippen LogP contribution in [0.25, 0.3) is 11.3 Å². The van der Waals surface area contributed by atoms with Crippen molar-refractivity contribution in [1.82, 2.24) is 35.9 Å². The highest BCUT2D eigenvalue weighted by Gasteiger charge is 2.33. The van der Waals surface area contributed by atoms with Crippen molar-refractivity contribution >= 4 is 5.82 Å². The summed E-state index contributed by atoms with van der Waals surface area (Å²) in [6, 6.07) is 11.5. The van der Waals surface area contributed by atoms with Crippen LogP contribution in [-0.4, -0.2) is 69.0 Å². The minimum atomic E-state index is -0.584. The van der Waals surface area contributed by atoms with Crippen LogP contribution < -0.4 is 10.6 Å². The second-order valence-corrected chi connectivity index (χ2v) is 12.8. The number of H-pyrrole nitrogens is 1. The number of aromatic nitrogens is 6. The molecule has 0 unspecified atom stereocenters. The molecular weight excluding hydrogens is 542 g/mol. The molecule has 2 aliphatic rings. The Bertz CT molecular complexity index is 1360. The Morgan fingerprint density at radius 2 is 2.00 bits per heavy atom. The lowest BCUT2D eigenvalue weighted by molar-refractivity contribution is -0.0381. The molecule has 11 heteroatoms. The summed E-state index contributed by atoms with van der Waals surface area (Å²) in [5.74, 6) is 1.97. The lowest BCUT2D eigenvalue weighted by Gasteiger charge is -2.32. The van der Waals surface area contributed by atoms with Crippen molar-refractivity contribution in [2.45, 2.75) is 90.3 Å². The number of aromatic amines is 1. The molecule has 1 saturated carbocycles. The van der Waals surface area contributed by atoms with E-state index in [-0.39, 0.29) is 6.04 Å². The van der Waals surface area contributed by atoms with Gasteiger partial charge in [-0.1, -0.05) is 11.3 Å². The Balaban J connectivity index is 1.12. The van der Waals surface area contributed by atoms with Crippen molar-refractivity contribution in [3.63, 3.8) is 0 Å². The van der Waals surface area contributed by atoms with Crippen molar-refractivity contribution in [2.24, 2.45) is 11.3 Å². The average Bonchev–Trinajstić information content (AvgIpc) is 3.58. The normalized spacial score (nSPS) is 21.2. The number of nitrogens with one attached hydrogen (secondary N) is 3. The van der Waals surface area contributed by atoms with Gasteiger partial charge in [0, 0.05) is 49.3 Å². The number of nitriles is 1. The third kappa shape index (κ3) is 8.13. The minimum Gasteiger partial charge on any atom is -0.381 e. The summed E-state index contributed by atoms with van der Waals surface area (Å²) in [6.07, 6.45) is 9.08. The SMILES string of the molecule is Cc1cnc(CC2CCC(N[C@@H](C)COC(C)(C)c3nn[nH]n3)CC2)cc1-c1cccc(NCC2(C#N)CCOCC2)n1. The van der Waals surface area contributed by atoms with E-state index in [1.807, 2.05) is 32.2 Å². The molecule has 1 aliphatic heterocycles. The maximum atomic E-state index is 9.80. The number of hydrogen-bond acceptors (Lipinski definition) is 10. The second kappa shape index (κ2) is 13.9. The van der Waals surface area contributed by atoms with Crippen LogP contribution in [0.1, 0.15) is 76.4 Å². The molecule has 0 bridgehead atoms. The van der Waals surface area contributed by atoms with Crippen molar-refractivity contribution in [1.29, 1.82) is 5.26 Å². The number of hydrogen-bond donors (Lipinski definition) is 3. The van der Waals surface area contributed by atoms with E-state index in [0.717, 1.165) is 60.4 Å². The van der Waals surface area contributed by atoms with Crippen molar-refractivity contribution < 1.29 is 9.47 Å². The van der Waals surface area contributed by atoms with Crippen LogP contribution >= 0.6 is 0 Å². The third-order valence-electron chi connectivity index (χ3n) is 8.92. The predicted octanol–water partition coefficient (Wildman–Crippen LogP) is 4.73. The topological polar surface area (TPSA) is 147 Å². The van der Waals surface area contributed by atoms with E-state index in [0.29, 0.717) is 44.1 Å². The Hall–Kier alpha value is -3.46. The molecule has 11 nitrogen and oxygen atoms in total. The highest BCUT2D eigenvalue weighted by atomic mass is 16.5. The fourth-order valence-electron chi connectivity index (χ4n) is 6.08. The number of nitrogens with zero attached hydrogens (tertiary/aromatic N) is 6. The van der Waals surface area contributed by atoms with Crippen LogP contribution in [0, 0.1) is 29.6 Å². The van der Waals surface area contributed by atoms with Crippen molar-refractivity contribution in [2.75, 3.05) is 31.7 Å². The van der Waals surface area contributed by atoms with E-state index in [4.69, 9.17) is 19.4 Å². The monoisotopic (exact) mass is 587 g/mol. The van der Waals surface area contributed by atoms with Crippen LogP contribution in [-0.2, 0) is 21.5 Å². The van der Waals surface area contributed by atoms with Gasteiger partial charge >= 0.3 is 0 Å². The fourth-order valence-corrected chi connectivity index (χ4v) is 6.08. The summed E-state index contributed by atoms with van der Waals surface area (Å²) in [5.41, 5.74) is 3.28. The zero-order valence-electron chi connectivity index (χ0n) is 25.9. The van der Waals surface area contributed by atoms with Gasteiger partial charge in [-0.2, -0.15) is 10.5 Å². The predicted molar refractivity (Wildman–Crippen MR) is 164 cm³/mol. The largest absolute Gasteiger partial charge is 0.381 e. The zero-order valence-corrected chi connectivity index (χ0v) is 25.9. The second-order valence-electron chi connectivity index (χ2n) is 12.8. The molecule has 230 valence electrons. The maximum absolute atomic E-state index is 9.80. The number of tetrazole rings is 1. The van der Waals surface area contributed by atoms with Crippen LogP contribution in [0.2, 0.25) is 0 Å². The summed E-state index contributed by atoms with van der Waals surface area (Å²) in [4.78, 5) is 9.71. The molecule has 4 heterocycles. The van der Waals surface area contributed by atoms with E-state index >= 15 is 0 Å². The molecule has 1 saturated heterocycles. The van der Waals surface area contributed by atoms with Gasteiger partial charge in [0.25, 0.3) is 0 Å². The van der Waals surface area contributed by atoms with E-state index < -0.39 is 11.0 Å². The van der Waals surface area contributed by atoms with Gasteiger partial charge in [-0.25, -0.2) is 4.98 Å². The molecule has 5 rings (SSSR count). The highest BCUT2D eigenvalue weighted by Crippen LogP contribution is 2.32. The van der Waals surface area contributed by atoms with Crippen LogP contribution in [0.3, 0.4) is 0 Å². The van der Waals surface area contributed by atoms with E-state index in [1.165, 1.54) is 12.8 Å². The first kappa shape index (κ1) is 31.0. The van der Waals surface area contributed by atoms with Crippen LogP contribution in [0.4, 0.5) is 5.82 Å². The number of anilines is 1. The molecule has 1 aliphatic carbocycles. The third-order valence-corrected chi connectivity index (χ3v) is 8.92. The zero-order chi connectivity index (χ0) is 30.3. The first-order valence-electron chi connectivity index (χ1n) is 15.5. The molecule has 3 aromatic heterocycles. The Morgan fingerprint density at radius 3 is 2.72 bits per heavy atom. The summed E-state index contributed by atoms with van der Waals surface area (Å²) >= 11 is 0. The van der Waals surface area contributed by atoms with E-state index in [1.54, 1.807) is 0 Å². The molecule has 0 radical (unpaired) electrons. The maximum Gasteiger partial charge on any atom is 0.205 e. The van der Waals surface area contributed by atoms with Gasteiger partial charge in [0.1, 0.15) is 11.4 Å². The minimum absolute atomic E-state index is 0.230. The molecule has 43 heavy (non-hydrogen) atoms. The van der Waals surface area contributed by atoms with Gasteiger partial charge in [0.2, 0.25) is 5.82 Å². The highest BCUT2D eigenvalue weighted by molar-refractivity contribution is 5.65. The van der Waals surface area contributed by atoms with Crippen molar-refractivity contribution in [3.05, 3.63) is 47.5 Å². The first-order valence-corrected chi connectivity index (χ1v) is 15.5. The summed E-state index contributed by atoms with van der Waals surface area (Å²) in [7, 11) is 0. The lowest BCUT2D eigenvalue weighted by atomic mass is 9.82. The molecule has 0 spiro atoms. The summed E-state index contributed by atoms with van der Waals surface area (Å²) in [5, 5.41) is 31.3. The molecule has 0 aromatic carbocycles. The number of pyridine rings is 2. The smallest absolute Gasteiger partial charge is 0.205 e. The van der Waals surface area contributed by atoms with Gasteiger partial charge in [0.15, 0.2) is 0 Å². The quantitative estimate of drug-likeness (QED) is 0.272.